The van der Waals surface area contributed by atoms with Crippen LogP contribution in [-0.2, 0) is 14.8 Å². The van der Waals surface area contributed by atoms with Gasteiger partial charge >= 0.3 is 0 Å². The maximum absolute atomic E-state index is 13.2. The summed E-state index contributed by atoms with van der Waals surface area (Å²) in [5.74, 6) is 0. The van der Waals surface area contributed by atoms with Crippen molar-refractivity contribution in [1.29, 1.82) is 0 Å². The van der Waals surface area contributed by atoms with E-state index in [1.165, 1.54) is 12.8 Å². The van der Waals surface area contributed by atoms with Crippen LogP contribution in [0.1, 0.15) is 25.7 Å². The lowest BCUT2D eigenvalue weighted by molar-refractivity contribution is -0.0906. The van der Waals surface area contributed by atoms with E-state index in [0.717, 1.165) is 50.9 Å². The highest BCUT2D eigenvalue weighted by atomic mass is 32.2. The first-order valence-corrected chi connectivity index (χ1v) is 11.8. The number of ether oxygens (including phenoxy) is 1. The van der Waals surface area contributed by atoms with Gasteiger partial charge in [-0.1, -0.05) is 6.07 Å². The molecule has 1 spiro atoms. The molecule has 0 radical (unpaired) electrons. The van der Waals surface area contributed by atoms with Crippen LogP contribution >= 0.6 is 11.7 Å². The third-order valence-electron chi connectivity index (χ3n) is 6.69. The van der Waals surface area contributed by atoms with Crippen LogP contribution in [0.25, 0.3) is 11.0 Å². The number of fused-ring (bicyclic) bond motifs is 1. The Labute approximate surface area is 163 Å². The first-order chi connectivity index (χ1) is 13.1. The number of sulfonamides is 1. The third kappa shape index (κ3) is 2.91. The van der Waals surface area contributed by atoms with Crippen LogP contribution in [0.5, 0.6) is 0 Å². The van der Waals surface area contributed by atoms with Gasteiger partial charge in [-0.25, -0.2) is 8.42 Å². The molecule has 9 heteroatoms. The Morgan fingerprint density at radius 3 is 2.56 bits per heavy atom. The average molecular weight is 409 g/mol. The van der Waals surface area contributed by atoms with Crippen molar-refractivity contribution in [2.24, 2.45) is 5.41 Å². The Balaban J connectivity index is 1.33. The van der Waals surface area contributed by atoms with Crippen molar-refractivity contribution < 1.29 is 13.2 Å². The minimum absolute atomic E-state index is 0.289. The number of morpholine rings is 1. The molecule has 0 amide bonds. The molecule has 146 valence electrons. The molecule has 2 aliphatic heterocycles. The van der Waals surface area contributed by atoms with Crippen molar-refractivity contribution in [2.45, 2.75) is 36.6 Å². The Bertz CT molecular complexity index is 931. The third-order valence-corrected chi connectivity index (χ3v) is 9.17. The molecular formula is C18H24N4O3S2. The molecule has 1 aromatic heterocycles. The lowest BCUT2D eigenvalue weighted by Gasteiger charge is -2.58. The highest BCUT2D eigenvalue weighted by Gasteiger charge is 2.51. The minimum atomic E-state index is -3.53. The second-order valence-electron chi connectivity index (χ2n) is 7.86. The molecule has 1 atom stereocenters. The Hall–Kier alpha value is -1.13. The molecule has 0 bridgehead atoms. The van der Waals surface area contributed by atoms with Gasteiger partial charge in [-0.05, 0) is 43.2 Å². The van der Waals surface area contributed by atoms with Gasteiger partial charge in [0.05, 0.1) is 24.9 Å². The zero-order valence-corrected chi connectivity index (χ0v) is 16.8. The zero-order valence-electron chi connectivity index (χ0n) is 15.2. The number of hydrogen-bond donors (Lipinski definition) is 0. The first kappa shape index (κ1) is 17.9. The van der Waals surface area contributed by atoms with Crippen molar-refractivity contribution in [3.8, 4) is 0 Å². The zero-order chi connectivity index (χ0) is 18.5. The van der Waals surface area contributed by atoms with Gasteiger partial charge in [0.15, 0.2) is 0 Å². The summed E-state index contributed by atoms with van der Waals surface area (Å²) in [6.45, 7) is 4.84. The molecule has 0 N–H and O–H groups in total. The van der Waals surface area contributed by atoms with E-state index in [0.29, 0.717) is 35.1 Å². The lowest BCUT2D eigenvalue weighted by Crippen LogP contribution is -2.61. The SMILES string of the molecule is O=S(=O)(c1cccc2nsnc12)N1CCC2(CCC2N2CCOCC2)CC1. The van der Waals surface area contributed by atoms with E-state index < -0.39 is 10.0 Å². The van der Waals surface area contributed by atoms with Crippen LogP contribution in [0, 0.1) is 5.41 Å². The molecule has 1 saturated carbocycles. The lowest BCUT2D eigenvalue weighted by atomic mass is 9.59. The van der Waals surface area contributed by atoms with Gasteiger partial charge < -0.3 is 4.74 Å². The first-order valence-electron chi connectivity index (χ1n) is 9.63. The normalized spacial score (nSPS) is 27.0. The summed E-state index contributed by atoms with van der Waals surface area (Å²) in [6.07, 6.45) is 4.34. The van der Waals surface area contributed by atoms with Gasteiger partial charge in [-0.15, -0.1) is 0 Å². The van der Waals surface area contributed by atoms with Crippen molar-refractivity contribution in [1.82, 2.24) is 18.0 Å². The molecule has 1 unspecified atom stereocenters. The van der Waals surface area contributed by atoms with Crippen LogP contribution in [0.2, 0.25) is 0 Å². The summed E-state index contributed by atoms with van der Waals surface area (Å²) >= 11 is 1.06. The molecule has 2 saturated heterocycles. The van der Waals surface area contributed by atoms with Gasteiger partial charge in [0, 0.05) is 32.2 Å². The van der Waals surface area contributed by atoms with Crippen molar-refractivity contribution in [3.05, 3.63) is 18.2 Å². The summed E-state index contributed by atoms with van der Waals surface area (Å²) in [5, 5.41) is 0. The monoisotopic (exact) mass is 408 g/mol. The Morgan fingerprint density at radius 1 is 1.07 bits per heavy atom. The van der Waals surface area contributed by atoms with Crippen molar-refractivity contribution in [2.75, 3.05) is 39.4 Å². The van der Waals surface area contributed by atoms with Crippen molar-refractivity contribution in [3.63, 3.8) is 0 Å². The molecule has 3 heterocycles. The topological polar surface area (TPSA) is 75.6 Å². The standard InChI is InChI=1S/C18H24N4O3S2/c23-27(24,15-3-1-2-14-17(15)20-26-19-14)22-8-6-18(7-9-22)5-4-16(18)21-10-12-25-13-11-21/h1-3,16H,4-13H2. The van der Waals surface area contributed by atoms with E-state index in [4.69, 9.17) is 4.74 Å². The number of rotatable bonds is 3. The number of nitrogens with zero attached hydrogens (tertiary/aromatic N) is 4. The van der Waals surface area contributed by atoms with Gasteiger partial charge in [-0.2, -0.15) is 13.1 Å². The van der Waals surface area contributed by atoms with Gasteiger partial charge in [0.2, 0.25) is 10.0 Å². The van der Waals surface area contributed by atoms with Crippen LogP contribution in [-0.4, -0.2) is 71.8 Å². The van der Waals surface area contributed by atoms with Crippen LogP contribution in [0.4, 0.5) is 0 Å². The fraction of sp³-hybridized carbons (Fsp3) is 0.667. The number of aromatic nitrogens is 2. The molecule has 7 nitrogen and oxygen atoms in total. The van der Waals surface area contributed by atoms with E-state index in [1.807, 2.05) is 6.07 Å². The van der Waals surface area contributed by atoms with E-state index in [-0.39, 0.29) is 5.41 Å². The average Bonchev–Trinajstić information content (AvgIpc) is 3.17. The van der Waals surface area contributed by atoms with E-state index in [9.17, 15) is 8.42 Å². The summed E-state index contributed by atoms with van der Waals surface area (Å²) in [5.41, 5.74) is 1.44. The molecule has 3 aliphatic rings. The molecule has 3 fully saturated rings. The van der Waals surface area contributed by atoms with E-state index in [2.05, 4.69) is 13.6 Å². The second kappa shape index (κ2) is 6.73. The van der Waals surface area contributed by atoms with E-state index >= 15 is 0 Å². The Kier molecular flexibility index (Phi) is 4.47. The van der Waals surface area contributed by atoms with Crippen LogP contribution < -0.4 is 0 Å². The summed E-state index contributed by atoms with van der Waals surface area (Å²) < 4.78 is 42.0. The highest BCUT2D eigenvalue weighted by Crippen LogP contribution is 2.52. The molecule has 1 aliphatic carbocycles. The van der Waals surface area contributed by atoms with Gasteiger partial charge in [-0.3, -0.25) is 4.90 Å². The fourth-order valence-electron chi connectivity index (χ4n) is 5.02. The maximum atomic E-state index is 13.2. The fourth-order valence-corrected chi connectivity index (χ4v) is 7.22. The smallest absolute Gasteiger partial charge is 0.245 e. The largest absolute Gasteiger partial charge is 0.379 e. The van der Waals surface area contributed by atoms with Crippen LogP contribution in [0.3, 0.4) is 0 Å². The number of piperidine rings is 1. The maximum Gasteiger partial charge on any atom is 0.245 e. The molecule has 27 heavy (non-hydrogen) atoms. The van der Waals surface area contributed by atoms with E-state index in [1.54, 1.807) is 16.4 Å². The minimum Gasteiger partial charge on any atom is -0.379 e. The quantitative estimate of drug-likeness (QED) is 0.773. The second-order valence-corrected chi connectivity index (χ2v) is 10.3. The molecule has 2 aromatic rings. The number of benzene rings is 1. The van der Waals surface area contributed by atoms with Crippen molar-refractivity contribution >= 4 is 32.8 Å². The molecular weight excluding hydrogens is 384 g/mol. The predicted molar refractivity (Wildman–Crippen MR) is 103 cm³/mol. The predicted octanol–water partition coefficient (Wildman–Crippen LogP) is 1.96. The van der Waals surface area contributed by atoms with Gasteiger partial charge in [0.1, 0.15) is 15.9 Å². The molecule has 5 rings (SSSR count). The highest BCUT2D eigenvalue weighted by molar-refractivity contribution is 7.89. The van der Waals surface area contributed by atoms with Gasteiger partial charge in [0.25, 0.3) is 0 Å². The Morgan fingerprint density at radius 2 is 1.85 bits per heavy atom. The molecule has 1 aromatic carbocycles. The summed E-state index contributed by atoms with van der Waals surface area (Å²) in [4.78, 5) is 2.86. The van der Waals surface area contributed by atoms with Crippen LogP contribution in [0.15, 0.2) is 23.1 Å². The summed E-state index contributed by atoms with van der Waals surface area (Å²) in [7, 11) is -3.53. The summed E-state index contributed by atoms with van der Waals surface area (Å²) in [6, 6.07) is 5.81. The number of hydrogen-bond acceptors (Lipinski definition) is 7.